The summed E-state index contributed by atoms with van der Waals surface area (Å²) >= 11 is 0. The van der Waals surface area contributed by atoms with E-state index in [4.69, 9.17) is 9.52 Å². The molecule has 0 aliphatic carbocycles. The molecule has 2 rings (SSSR count). The highest BCUT2D eigenvalue weighted by Gasteiger charge is 2.13. The second-order valence-corrected chi connectivity index (χ2v) is 4.60. The number of hydrogen-bond acceptors (Lipinski definition) is 6. The summed E-state index contributed by atoms with van der Waals surface area (Å²) in [6.45, 7) is 3.10. The molecule has 0 bridgehead atoms. The first-order valence-electron chi connectivity index (χ1n) is 6.36. The molecule has 0 saturated carbocycles. The van der Waals surface area contributed by atoms with Gasteiger partial charge in [-0.2, -0.15) is 5.10 Å². The quantitative estimate of drug-likeness (QED) is 0.589. The Morgan fingerprint density at radius 2 is 1.91 bits per heavy atom. The molecule has 0 atom stereocenters. The fraction of sp³-hybridized carbons (Fsp3) is 0.133. The van der Waals surface area contributed by atoms with E-state index in [0.29, 0.717) is 11.4 Å². The number of carbonyl (C=O) groups is 1. The van der Waals surface area contributed by atoms with Gasteiger partial charge < -0.3 is 14.6 Å². The highest BCUT2D eigenvalue weighted by atomic mass is 16.4. The first-order chi connectivity index (χ1) is 10.4. The van der Waals surface area contributed by atoms with Crippen molar-refractivity contribution in [3.63, 3.8) is 0 Å². The molecule has 0 aliphatic rings. The number of nitrogens with zero attached hydrogens (tertiary/aromatic N) is 1. The van der Waals surface area contributed by atoms with Crippen molar-refractivity contribution < 1.29 is 19.4 Å². The van der Waals surface area contributed by atoms with Gasteiger partial charge in [0.05, 0.1) is 17.0 Å². The number of carboxylic acids is 1. The standard InChI is InChI=1S/C15H14N2O5/c1-8-7-12(18)13(15(21)22-8)9(2)16-17-11-5-3-10(4-6-11)14(19)20/h3-7,17-18H,1-2H3,(H,19,20)/b16-9-. The summed E-state index contributed by atoms with van der Waals surface area (Å²) in [4.78, 5) is 22.5. The molecule has 0 fully saturated rings. The highest BCUT2D eigenvalue weighted by molar-refractivity contribution is 6.00. The molecule has 3 N–H and O–H groups in total. The van der Waals surface area contributed by atoms with Crippen LogP contribution in [0, 0.1) is 6.92 Å². The maximum atomic E-state index is 11.7. The van der Waals surface area contributed by atoms with E-state index in [1.807, 2.05) is 0 Å². The van der Waals surface area contributed by atoms with Gasteiger partial charge in [-0.25, -0.2) is 9.59 Å². The minimum Gasteiger partial charge on any atom is -0.507 e. The van der Waals surface area contributed by atoms with Gasteiger partial charge in [-0.1, -0.05) is 0 Å². The van der Waals surface area contributed by atoms with E-state index in [9.17, 15) is 14.7 Å². The van der Waals surface area contributed by atoms with Gasteiger partial charge in [0.15, 0.2) is 0 Å². The lowest BCUT2D eigenvalue weighted by atomic mass is 10.2. The number of hydrogen-bond donors (Lipinski definition) is 3. The summed E-state index contributed by atoms with van der Waals surface area (Å²) in [6.07, 6.45) is 0. The van der Waals surface area contributed by atoms with Gasteiger partial charge in [0.25, 0.3) is 0 Å². The maximum absolute atomic E-state index is 11.7. The Bertz CT molecular complexity index is 791. The normalized spacial score (nSPS) is 11.3. The van der Waals surface area contributed by atoms with Crippen molar-refractivity contribution in [1.82, 2.24) is 0 Å². The molecule has 1 aromatic carbocycles. The Morgan fingerprint density at radius 3 is 2.45 bits per heavy atom. The zero-order valence-electron chi connectivity index (χ0n) is 12.0. The first kappa shape index (κ1) is 15.3. The summed E-state index contributed by atoms with van der Waals surface area (Å²) in [5.74, 6) is -0.928. The molecule has 22 heavy (non-hydrogen) atoms. The molecule has 7 heteroatoms. The fourth-order valence-corrected chi connectivity index (χ4v) is 1.82. The minimum absolute atomic E-state index is 0.0275. The number of anilines is 1. The topological polar surface area (TPSA) is 112 Å². The number of nitrogens with one attached hydrogen (secondary N) is 1. The second-order valence-electron chi connectivity index (χ2n) is 4.60. The van der Waals surface area contributed by atoms with Crippen LogP contribution in [0.3, 0.4) is 0 Å². The van der Waals surface area contributed by atoms with E-state index >= 15 is 0 Å². The van der Waals surface area contributed by atoms with Gasteiger partial charge >= 0.3 is 11.6 Å². The zero-order chi connectivity index (χ0) is 16.3. The second kappa shape index (κ2) is 6.13. The van der Waals surface area contributed by atoms with Crippen LogP contribution in [-0.2, 0) is 0 Å². The third-order valence-corrected chi connectivity index (χ3v) is 2.90. The van der Waals surface area contributed by atoms with Crippen LogP contribution in [0.2, 0.25) is 0 Å². The van der Waals surface area contributed by atoms with Gasteiger partial charge in [-0.15, -0.1) is 0 Å². The lowest BCUT2D eigenvalue weighted by molar-refractivity contribution is 0.0697. The fourth-order valence-electron chi connectivity index (χ4n) is 1.82. The lowest BCUT2D eigenvalue weighted by Gasteiger charge is -2.05. The predicted molar refractivity (Wildman–Crippen MR) is 80.6 cm³/mol. The molecule has 0 aliphatic heterocycles. The van der Waals surface area contributed by atoms with Crippen molar-refractivity contribution in [1.29, 1.82) is 0 Å². The third-order valence-electron chi connectivity index (χ3n) is 2.90. The number of aromatic hydroxyl groups is 1. The van der Waals surface area contributed by atoms with E-state index in [2.05, 4.69) is 10.5 Å². The summed E-state index contributed by atoms with van der Waals surface area (Å²) in [6, 6.07) is 7.26. The highest BCUT2D eigenvalue weighted by Crippen LogP contribution is 2.16. The third kappa shape index (κ3) is 3.32. The maximum Gasteiger partial charge on any atom is 0.348 e. The molecule has 1 heterocycles. The van der Waals surface area contributed by atoms with Gasteiger partial charge in [0.2, 0.25) is 0 Å². The van der Waals surface area contributed by atoms with Gasteiger partial charge in [0.1, 0.15) is 17.1 Å². The van der Waals surface area contributed by atoms with Crippen LogP contribution in [0.15, 0.2) is 44.6 Å². The molecular weight excluding hydrogens is 288 g/mol. The smallest absolute Gasteiger partial charge is 0.348 e. The summed E-state index contributed by atoms with van der Waals surface area (Å²) in [7, 11) is 0. The average molecular weight is 302 g/mol. The molecule has 0 saturated heterocycles. The van der Waals surface area contributed by atoms with Crippen molar-refractivity contribution in [2.75, 3.05) is 5.43 Å². The van der Waals surface area contributed by atoms with Crippen molar-refractivity contribution in [3.05, 3.63) is 57.6 Å². The van der Waals surface area contributed by atoms with Crippen LogP contribution < -0.4 is 11.1 Å². The van der Waals surface area contributed by atoms with Crippen LogP contribution in [0.5, 0.6) is 5.75 Å². The molecule has 1 aromatic heterocycles. The van der Waals surface area contributed by atoms with E-state index in [-0.39, 0.29) is 22.6 Å². The lowest BCUT2D eigenvalue weighted by Crippen LogP contribution is -2.14. The summed E-state index contributed by atoms with van der Waals surface area (Å²) in [5, 5.41) is 22.6. The van der Waals surface area contributed by atoms with Crippen molar-refractivity contribution >= 4 is 17.4 Å². The Labute approximate surface area is 125 Å². The molecule has 7 nitrogen and oxygen atoms in total. The molecule has 114 valence electrons. The van der Waals surface area contributed by atoms with Crippen LogP contribution >= 0.6 is 0 Å². The number of aromatic carboxylic acids is 1. The summed E-state index contributed by atoms with van der Waals surface area (Å²) in [5.41, 5.74) is 2.92. The number of rotatable bonds is 4. The van der Waals surface area contributed by atoms with Crippen LogP contribution in [-0.4, -0.2) is 21.9 Å². The SMILES string of the molecule is C/C(=N/Nc1ccc(C(=O)O)cc1)c1c(O)cc(C)oc1=O. The predicted octanol–water partition coefficient (Wildman–Crippen LogP) is 2.19. The van der Waals surface area contributed by atoms with Crippen LogP contribution in [0.4, 0.5) is 5.69 Å². The van der Waals surface area contributed by atoms with Crippen molar-refractivity contribution in [2.45, 2.75) is 13.8 Å². The van der Waals surface area contributed by atoms with Crippen LogP contribution in [0.1, 0.15) is 28.6 Å². The number of benzene rings is 1. The molecular formula is C15H14N2O5. The van der Waals surface area contributed by atoms with Crippen molar-refractivity contribution in [2.24, 2.45) is 5.10 Å². The Morgan fingerprint density at radius 1 is 1.27 bits per heavy atom. The molecule has 0 radical (unpaired) electrons. The molecule has 0 unspecified atom stereocenters. The van der Waals surface area contributed by atoms with E-state index < -0.39 is 11.6 Å². The Kier molecular flexibility index (Phi) is 4.26. The summed E-state index contributed by atoms with van der Waals surface area (Å²) < 4.78 is 4.91. The number of carboxylic acid groups (broad SMARTS) is 1. The molecule has 0 amide bonds. The number of aryl methyl sites for hydroxylation is 1. The Balaban J connectivity index is 2.23. The first-order valence-corrected chi connectivity index (χ1v) is 6.36. The molecule has 2 aromatic rings. The zero-order valence-corrected chi connectivity index (χ0v) is 12.0. The van der Waals surface area contributed by atoms with Crippen LogP contribution in [0.25, 0.3) is 0 Å². The van der Waals surface area contributed by atoms with E-state index in [0.717, 1.165) is 0 Å². The minimum atomic E-state index is -1.02. The Hall–Kier alpha value is -3.09. The van der Waals surface area contributed by atoms with Gasteiger partial charge in [-0.05, 0) is 38.1 Å². The van der Waals surface area contributed by atoms with E-state index in [1.165, 1.54) is 30.3 Å². The monoisotopic (exact) mass is 302 g/mol. The number of hydrazone groups is 1. The average Bonchev–Trinajstić information content (AvgIpc) is 2.44. The van der Waals surface area contributed by atoms with Crippen molar-refractivity contribution in [3.8, 4) is 5.75 Å². The van der Waals surface area contributed by atoms with E-state index in [1.54, 1.807) is 13.8 Å². The van der Waals surface area contributed by atoms with Gasteiger partial charge in [-0.3, -0.25) is 5.43 Å². The van der Waals surface area contributed by atoms with Gasteiger partial charge in [0, 0.05) is 6.07 Å². The molecule has 0 spiro atoms. The largest absolute Gasteiger partial charge is 0.507 e.